The molecule has 1 unspecified atom stereocenters. The first-order valence-corrected chi connectivity index (χ1v) is 9.89. The summed E-state index contributed by atoms with van der Waals surface area (Å²) in [6, 6.07) is 5.33. The number of aromatic nitrogens is 2. The van der Waals surface area contributed by atoms with E-state index in [4.69, 9.17) is 4.74 Å². The molecule has 0 saturated carbocycles. The molecule has 31 heavy (non-hydrogen) atoms. The van der Waals surface area contributed by atoms with Crippen molar-refractivity contribution in [3.05, 3.63) is 46.4 Å². The molecule has 0 aliphatic carbocycles. The van der Waals surface area contributed by atoms with Gasteiger partial charge in [-0.2, -0.15) is 4.98 Å². The van der Waals surface area contributed by atoms with E-state index in [9.17, 15) is 19.3 Å². The molecule has 0 bridgehead atoms. The van der Waals surface area contributed by atoms with Crippen LogP contribution in [0.25, 0.3) is 0 Å². The highest BCUT2D eigenvalue weighted by atomic mass is 19.1. The van der Waals surface area contributed by atoms with Crippen molar-refractivity contribution in [3.8, 4) is 0 Å². The van der Waals surface area contributed by atoms with Gasteiger partial charge in [0.2, 0.25) is 11.8 Å². The van der Waals surface area contributed by atoms with Gasteiger partial charge in [-0.05, 0) is 57.9 Å². The summed E-state index contributed by atoms with van der Waals surface area (Å²) in [5, 5.41) is 17.4. The highest BCUT2D eigenvalue weighted by molar-refractivity contribution is 5.68. The number of benzene rings is 1. The van der Waals surface area contributed by atoms with Crippen LogP contribution in [0.3, 0.4) is 0 Å². The molecule has 1 amide bonds. The molecule has 1 aliphatic rings. The van der Waals surface area contributed by atoms with E-state index in [1.165, 1.54) is 24.3 Å². The number of hydrogen-bond acceptors (Lipinski definition) is 8. The van der Waals surface area contributed by atoms with Gasteiger partial charge in [-0.3, -0.25) is 10.1 Å². The predicted octanol–water partition coefficient (Wildman–Crippen LogP) is 4.08. The van der Waals surface area contributed by atoms with Crippen LogP contribution in [0, 0.1) is 15.9 Å². The monoisotopic (exact) mass is 432 g/mol. The molecular formula is C20H25FN6O4. The number of carbonyl (C=O) groups excluding carboxylic acids is 1. The van der Waals surface area contributed by atoms with Crippen molar-refractivity contribution in [2.24, 2.45) is 0 Å². The second-order valence-corrected chi connectivity index (χ2v) is 8.23. The second kappa shape index (κ2) is 9.11. The van der Waals surface area contributed by atoms with Crippen molar-refractivity contribution >= 4 is 29.2 Å². The number of carbonyl (C=O) groups is 1. The summed E-state index contributed by atoms with van der Waals surface area (Å²) in [6.45, 7) is 6.27. The molecule has 1 fully saturated rings. The zero-order chi connectivity index (χ0) is 22.6. The van der Waals surface area contributed by atoms with Gasteiger partial charge in [0.15, 0.2) is 0 Å². The molecule has 1 aliphatic heterocycles. The lowest BCUT2D eigenvalue weighted by Gasteiger charge is -2.34. The van der Waals surface area contributed by atoms with Gasteiger partial charge in [-0.15, -0.1) is 0 Å². The molecular weight excluding hydrogens is 407 g/mol. The smallest absolute Gasteiger partial charge is 0.410 e. The summed E-state index contributed by atoms with van der Waals surface area (Å²) in [5.74, 6) is -0.218. The lowest BCUT2D eigenvalue weighted by atomic mass is 10.1. The quantitative estimate of drug-likeness (QED) is 0.535. The normalized spacial score (nSPS) is 16.5. The summed E-state index contributed by atoms with van der Waals surface area (Å²) in [4.78, 5) is 33.0. The van der Waals surface area contributed by atoms with E-state index >= 15 is 0 Å². The van der Waals surface area contributed by atoms with Crippen molar-refractivity contribution in [1.29, 1.82) is 0 Å². The van der Waals surface area contributed by atoms with Gasteiger partial charge >= 0.3 is 11.8 Å². The lowest BCUT2D eigenvalue weighted by molar-refractivity contribution is -0.384. The molecule has 1 atom stereocenters. The Labute approximate surface area is 179 Å². The zero-order valence-corrected chi connectivity index (χ0v) is 17.6. The number of nitro groups is 1. The molecule has 2 aromatic rings. The summed E-state index contributed by atoms with van der Waals surface area (Å²) >= 11 is 0. The maximum absolute atomic E-state index is 13.1. The fourth-order valence-corrected chi connectivity index (χ4v) is 3.12. The topological polar surface area (TPSA) is 123 Å². The van der Waals surface area contributed by atoms with Gasteiger partial charge < -0.3 is 20.3 Å². The van der Waals surface area contributed by atoms with Crippen molar-refractivity contribution in [3.63, 3.8) is 0 Å². The molecule has 3 rings (SSSR count). The molecule has 0 radical (unpaired) electrons. The third-order valence-corrected chi connectivity index (χ3v) is 4.48. The van der Waals surface area contributed by atoms with E-state index in [0.717, 1.165) is 12.6 Å². The fourth-order valence-electron chi connectivity index (χ4n) is 3.12. The van der Waals surface area contributed by atoms with Crippen LogP contribution in [0.5, 0.6) is 0 Å². The Kier molecular flexibility index (Phi) is 6.52. The van der Waals surface area contributed by atoms with E-state index < -0.39 is 16.6 Å². The van der Waals surface area contributed by atoms with Gasteiger partial charge in [-0.1, -0.05) is 0 Å². The summed E-state index contributed by atoms with van der Waals surface area (Å²) in [5.41, 5.74) is -0.349. The van der Waals surface area contributed by atoms with Gasteiger partial charge in [0.05, 0.1) is 4.92 Å². The van der Waals surface area contributed by atoms with Crippen LogP contribution < -0.4 is 10.6 Å². The Morgan fingerprint density at radius 1 is 1.32 bits per heavy atom. The van der Waals surface area contributed by atoms with Crippen LogP contribution in [-0.4, -0.2) is 50.6 Å². The average molecular weight is 432 g/mol. The first kappa shape index (κ1) is 22.2. The number of anilines is 3. The van der Waals surface area contributed by atoms with Crippen molar-refractivity contribution in [1.82, 2.24) is 14.9 Å². The lowest BCUT2D eigenvalue weighted by Crippen LogP contribution is -2.47. The number of ether oxygens (including phenoxy) is 1. The first-order valence-electron chi connectivity index (χ1n) is 9.89. The van der Waals surface area contributed by atoms with Gasteiger partial charge in [0, 0.05) is 24.8 Å². The Morgan fingerprint density at radius 3 is 2.68 bits per heavy atom. The van der Waals surface area contributed by atoms with Crippen molar-refractivity contribution < 1.29 is 18.8 Å². The number of likely N-dealkylation sites (tertiary alicyclic amines) is 1. The van der Waals surface area contributed by atoms with Crippen LogP contribution in [0.1, 0.15) is 33.6 Å². The molecule has 11 heteroatoms. The van der Waals surface area contributed by atoms with E-state index in [0.29, 0.717) is 25.2 Å². The van der Waals surface area contributed by atoms with Crippen LogP contribution in [0.2, 0.25) is 0 Å². The third kappa shape index (κ3) is 6.24. The number of amides is 1. The molecule has 0 spiro atoms. The maximum Gasteiger partial charge on any atom is 0.410 e. The van der Waals surface area contributed by atoms with Crippen LogP contribution in [0.15, 0.2) is 30.5 Å². The number of nitrogens with one attached hydrogen (secondary N) is 2. The SMILES string of the molecule is CC(C)(C)OC(=O)N1CCCC(Nc2nc(Nc3ccc(F)cc3)ncc2[N+](=O)[O-])C1. The molecule has 2 N–H and O–H groups in total. The zero-order valence-electron chi connectivity index (χ0n) is 17.6. The van der Waals surface area contributed by atoms with E-state index in [-0.39, 0.29) is 29.3 Å². The van der Waals surface area contributed by atoms with Gasteiger partial charge in [-0.25, -0.2) is 14.2 Å². The standard InChI is InChI=1S/C20H25FN6O4/c1-20(2,3)31-19(28)26-10-4-5-15(12-26)23-17-16(27(29)30)11-22-18(25-17)24-14-8-6-13(21)7-9-14/h6-9,11,15H,4-5,10,12H2,1-3H3,(H2,22,23,24,25). The highest BCUT2D eigenvalue weighted by Gasteiger charge is 2.29. The summed E-state index contributed by atoms with van der Waals surface area (Å²) in [7, 11) is 0. The van der Waals surface area contributed by atoms with E-state index in [1.54, 1.807) is 25.7 Å². The Hall–Kier alpha value is -3.50. The minimum Gasteiger partial charge on any atom is -0.444 e. The third-order valence-electron chi connectivity index (χ3n) is 4.48. The molecule has 166 valence electrons. The fraction of sp³-hybridized carbons (Fsp3) is 0.450. The molecule has 2 heterocycles. The van der Waals surface area contributed by atoms with Gasteiger partial charge in [0.25, 0.3) is 0 Å². The number of piperidine rings is 1. The van der Waals surface area contributed by atoms with Crippen molar-refractivity contribution in [2.45, 2.75) is 45.3 Å². The number of hydrogen-bond donors (Lipinski definition) is 2. The minimum atomic E-state index is -0.607. The van der Waals surface area contributed by atoms with Crippen molar-refractivity contribution in [2.75, 3.05) is 23.7 Å². The average Bonchev–Trinajstić information content (AvgIpc) is 2.69. The predicted molar refractivity (Wildman–Crippen MR) is 113 cm³/mol. The highest BCUT2D eigenvalue weighted by Crippen LogP contribution is 2.26. The van der Waals surface area contributed by atoms with Gasteiger partial charge in [0.1, 0.15) is 17.6 Å². The number of halogens is 1. The molecule has 1 aromatic carbocycles. The summed E-state index contributed by atoms with van der Waals surface area (Å²) in [6.07, 6.45) is 2.11. The largest absolute Gasteiger partial charge is 0.444 e. The van der Waals surface area contributed by atoms with Crippen LogP contribution in [0.4, 0.5) is 32.3 Å². The van der Waals surface area contributed by atoms with E-state index in [1.807, 2.05) is 0 Å². The first-order chi connectivity index (χ1) is 14.6. The maximum atomic E-state index is 13.1. The Balaban J connectivity index is 1.74. The number of rotatable bonds is 5. The second-order valence-electron chi connectivity index (χ2n) is 8.23. The van der Waals surface area contributed by atoms with Crippen LogP contribution in [-0.2, 0) is 4.74 Å². The number of nitrogens with zero attached hydrogens (tertiary/aromatic N) is 4. The summed E-state index contributed by atoms with van der Waals surface area (Å²) < 4.78 is 18.5. The van der Waals surface area contributed by atoms with E-state index in [2.05, 4.69) is 20.6 Å². The van der Waals surface area contributed by atoms with Crippen LogP contribution >= 0.6 is 0 Å². The Bertz CT molecular complexity index is 948. The molecule has 10 nitrogen and oxygen atoms in total. The minimum absolute atomic E-state index is 0.0423. The molecule has 1 aromatic heterocycles. The molecule has 1 saturated heterocycles. The Morgan fingerprint density at radius 2 is 2.03 bits per heavy atom.